The Morgan fingerprint density at radius 1 is 0.867 bits per heavy atom. The van der Waals surface area contributed by atoms with Gasteiger partial charge in [-0.25, -0.2) is 4.79 Å². The van der Waals surface area contributed by atoms with Gasteiger partial charge in [-0.05, 0) is 24.5 Å². The second-order valence-corrected chi connectivity index (χ2v) is 7.21. The summed E-state index contributed by atoms with van der Waals surface area (Å²) in [7, 11) is 0. The zero-order valence-corrected chi connectivity index (χ0v) is 16.5. The lowest BCUT2D eigenvalue weighted by atomic mass is 10.1. The summed E-state index contributed by atoms with van der Waals surface area (Å²) in [5.41, 5.74) is 2.51. The Hall–Kier alpha value is -3.60. The minimum atomic E-state index is -0.993. The number of amides is 1. The van der Waals surface area contributed by atoms with Crippen LogP contribution in [0, 0.1) is 0 Å². The first kappa shape index (κ1) is 19.7. The van der Waals surface area contributed by atoms with Crippen molar-refractivity contribution in [2.75, 3.05) is 6.61 Å². The van der Waals surface area contributed by atoms with Crippen LogP contribution in [0.2, 0.25) is 0 Å². The van der Waals surface area contributed by atoms with Crippen LogP contribution in [0.4, 0.5) is 0 Å². The molecule has 5 heteroatoms. The van der Waals surface area contributed by atoms with Gasteiger partial charge < -0.3 is 14.8 Å². The van der Waals surface area contributed by atoms with E-state index in [4.69, 9.17) is 9.47 Å². The molecule has 0 aliphatic heterocycles. The van der Waals surface area contributed by atoms with Crippen LogP contribution in [0.5, 0.6) is 5.75 Å². The third-order valence-corrected chi connectivity index (χ3v) is 4.83. The lowest BCUT2D eigenvalue weighted by molar-refractivity contribution is -0.158. The number of ether oxygens (including phenoxy) is 2. The van der Waals surface area contributed by atoms with E-state index < -0.39 is 12.1 Å². The highest BCUT2D eigenvalue weighted by atomic mass is 16.6. The Labute approximate surface area is 175 Å². The van der Waals surface area contributed by atoms with Gasteiger partial charge in [0.1, 0.15) is 5.75 Å². The van der Waals surface area contributed by atoms with Gasteiger partial charge in [0, 0.05) is 17.2 Å². The van der Waals surface area contributed by atoms with Gasteiger partial charge in [0.05, 0.1) is 0 Å². The topological polar surface area (TPSA) is 64.6 Å². The average molecular weight is 401 g/mol. The molecule has 0 heterocycles. The highest BCUT2D eigenvalue weighted by molar-refractivity contribution is 5.85. The molecule has 1 amide bonds. The van der Waals surface area contributed by atoms with Gasteiger partial charge in [-0.1, -0.05) is 78.9 Å². The largest absolute Gasteiger partial charge is 0.481 e. The molecule has 4 rings (SSSR count). The first-order chi connectivity index (χ1) is 14.7. The van der Waals surface area contributed by atoms with Crippen LogP contribution in [0.25, 0.3) is 11.1 Å². The molecule has 1 atom stereocenters. The van der Waals surface area contributed by atoms with Crippen LogP contribution in [0.15, 0.2) is 84.9 Å². The van der Waals surface area contributed by atoms with Gasteiger partial charge in [-0.15, -0.1) is 0 Å². The second kappa shape index (κ2) is 9.27. The Bertz CT molecular complexity index is 1000. The molecule has 0 aromatic heterocycles. The van der Waals surface area contributed by atoms with Crippen molar-refractivity contribution >= 4 is 11.9 Å². The van der Waals surface area contributed by atoms with E-state index in [2.05, 4.69) is 5.32 Å². The summed E-state index contributed by atoms with van der Waals surface area (Å²) in [5, 5.41) is 2.91. The molecule has 30 heavy (non-hydrogen) atoms. The highest BCUT2D eigenvalue weighted by Crippen LogP contribution is 2.29. The van der Waals surface area contributed by atoms with Gasteiger partial charge >= 0.3 is 5.97 Å². The Kier molecular flexibility index (Phi) is 6.09. The Morgan fingerprint density at radius 3 is 2.20 bits per heavy atom. The molecule has 152 valence electrons. The maximum atomic E-state index is 12.6. The van der Waals surface area contributed by atoms with E-state index in [1.807, 2.05) is 72.8 Å². The molecular formula is C25H23NO4. The van der Waals surface area contributed by atoms with Crippen LogP contribution >= 0.6 is 0 Å². The monoisotopic (exact) mass is 401 g/mol. The van der Waals surface area contributed by atoms with Crippen LogP contribution in [-0.2, 0) is 14.3 Å². The van der Waals surface area contributed by atoms with E-state index in [0.717, 1.165) is 24.0 Å². The highest BCUT2D eigenvalue weighted by Gasteiger charge is 2.30. The van der Waals surface area contributed by atoms with Crippen molar-refractivity contribution in [2.45, 2.75) is 25.0 Å². The first-order valence-corrected chi connectivity index (χ1v) is 10.0. The summed E-state index contributed by atoms with van der Waals surface area (Å²) in [6, 6.07) is 26.5. The van der Waals surface area contributed by atoms with E-state index in [9.17, 15) is 9.59 Å². The molecule has 3 aromatic carbocycles. The summed E-state index contributed by atoms with van der Waals surface area (Å²) in [6.07, 6.45) is 0.925. The maximum absolute atomic E-state index is 12.6. The average Bonchev–Trinajstić information content (AvgIpc) is 3.61. The number of benzene rings is 3. The van der Waals surface area contributed by atoms with Gasteiger partial charge in [-0.3, -0.25) is 4.79 Å². The number of nitrogens with one attached hydrogen (secondary N) is 1. The quantitative estimate of drug-likeness (QED) is 0.572. The molecule has 0 radical (unpaired) electrons. The van der Waals surface area contributed by atoms with Crippen molar-refractivity contribution < 1.29 is 19.1 Å². The number of hydrogen-bond donors (Lipinski definition) is 1. The molecule has 0 spiro atoms. The summed E-state index contributed by atoms with van der Waals surface area (Å²) >= 11 is 0. The molecule has 1 aliphatic rings. The summed E-state index contributed by atoms with van der Waals surface area (Å²) < 4.78 is 11.3. The fourth-order valence-corrected chi connectivity index (χ4v) is 3.16. The van der Waals surface area contributed by atoms with Crippen molar-refractivity contribution in [2.24, 2.45) is 0 Å². The first-order valence-electron chi connectivity index (χ1n) is 10.0. The van der Waals surface area contributed by atoms with Crippen LogP contribution in [-0.4, -0.2) is 24.5 Å². The van der Waals surface area contributed by atoms with Crippen LogP contribution in [0.3, 0.4) is 0 Å². The van der Waals surface area contributed by atoms with Crippen molar-refractivity contribution in [1.29, 1.82) is 0 Å². The third kappa shape index (κ3) is 5.06. The standard InChI is InChI=1S/C25H23NO4/c27-23(17-29-22-14-8-7-13-21(22)18-9-3-1-4-10-18)30-24(19-11-5-2-6-12-19)25(28)26-20-15-16-20/h1-14,20,24H,15-17H2,(H,26,28)/t24-/m0/s1. The zero-order chi connectivity index (χ0) is 20.8. The number of rotatable bonds is 8. The van der Waals surface area contributed by atoms with Gasteiger partial charge in [0.2, 0.25) is 6.10 Å². The predicted octanol–water partition coefficient (Wildman–Crippen LogP) is 4.30. The molecular weight excluding hydrogens is 378 g/mol. The second-order valence-electron chi connectivity index (χ2n) is 7.21. The summed E-state index contributed by atoms with van der Waals surface area (Å²) in [4.78, 5) is 25.1. The fraction of sp³-hybridized carbons (Fsp3) is 0.200. The van der Waals surface area contributed by atoms with E-state index in [-0.39, 0.29) is 18.6 Å². The number of hydrogen-bond acceptors (Lipinski definition) is 4. The lowest BCUT2D eigenvalue weighted by Crippen LogP contribution is -2.34. The smallest absolute Gasteiger partial charge is 0.345 e. The van der Waals surface area contributed by atoms with Gasteiger partial charge in [0.25, 0.3) is 5.91 Å². The lowest BCUT2D eigenvalue weighted by Gasteiger charge is -2.18. The molecule has 5 nitrogen and oxygen atoms in total. The SMILES string of the molecule is O=C(COc1ccccc1-c1ccccc1)O[C@H](C(=O)NC1CC1)c1ccccc1. The molecule has 1 fully saturated rings. The third-order valence-electron chi connectivity index (χ3n) is 4.83. The molecule has 0 unspecified atom stereocenters. The van der Waals surface area contributed by atoms with Crippen LogP contribution < -0.4 is 10.1 Å². The number of para-hydroxylation sites is 1. The molecule has 0 saturated heterocycles. The normalized spacial score (nSPS) is 13.9. The molecule has 1 saturated carbocycles. The van der Waals surface area contributed by atoms with Crippen molar-refractivity contribution in [1.82, 2.24) is 5.32 Å². The summed E-state index contributed by atoms with van der Waals surface area (Å²) in [6.45, 7) is -0.288. The van der Waals surface area contributed by atoms with Gasteiger partial charge in [-0.2, -0.15) is 0 Å². The van der Waals surface area contributed by atoms with E-state index in [1.54, 1.807) is 12.1 Å². The Morgan fingerprint density at radius 2 is 1.50 bits per heavy atom. The zero-order valence-electron chi connectivity index (χ0n) is 16.5. The maximum Gasteiger partial charge on any atom is 0.345 e. The van der Waals surface area contributed by atoms with Crippen LogP contribution in [0.1, 0.15) is 24.5 Å². The molecule has 1 aliphatic carbocycles. The van der Waals surface area contributed by atoms with Crippen molar-refractivity contribution in [3.63, 3.8) is 0 Å². The molecule has 0 bridgehead atoms. The molecule has 1 N–H and O–H groups in total. The number of carbonyl (C=O) groups excluding carboxylic acids is 2. The van der Waals surface area contributed by atoms with Crippen molar-refractivity contribution in [3.8, 4) is 16.9 Å². The number of esters is 1. The van der Waals surface area contributed by atoms with E-state index in [0.29, 0.717) is 11.3 Å². The minimum Gasteiger partial charge on any atom is -0.481 e. The number of carbonyl (C=O) groups is 2. The van der Waals surface area contributed by atoms with E-state index >= 15 is 0 Å². The van der Waals surface area contributed by atoms with E-state index in [1.165, 1.54) is 0 Å². The minimum absolute atomic E-state index is 0.177. The van der Waals surface area contributed by atoms with Crippen molar-refractivity contribution in [3.05, 3.63) is 90.5 Å². The molecule has 3 aromatic rings. The fourth-order valence-electron chi connectivity index (χ4n) is 3.16. The van der Waals surface area contributed by atoms with Gasteiger partial charge in [0.15, 0.2) is 6.61 Å². The Balaban J connectivity index is 1.44. The summed E-state index contributed by atoms with van der Waals surface area (Å²) in [5.74, 6) is -0.321. The predicted molar refractivity (Wildman–Crippen MR) is 114 cm³/mol.